The van der Waals surface area contributed by atoms with Crippen molar-refractivity contribution in [3.8, 4) is 11.4 Å². The molecule has 2 N–H and O–H groups in total. The second-order valence-electron chi connectivity index (χ2n) is 7.40. The molecule has 1 aromatic heterocycles. The van der Waals surface area contributed by atoms with Crippen molar-refractivity contribution < 1.29 is 15.0 Å². The third-order valence-corrected chi connectivity index (χ3v) is 5.17. The number of nitrogens with zero attached hydrogens (tertiary/aromatic N) is 4. The van der Waals surface area contributed by atoms with Crippen LogP contribution in [-0.2, 0) is 19.6 Å². The average Bonchev–Trinajstić information content (AvgIpc) is 3.24. The minimum absolute atomic E-state index is 0.159. The smallest absolute Gasteiger partial charge is 0.339 e. The van der Waals surface area contributed by atoms with Crippen LogP contribution in [0.2, 0.25) is 5.02 Å². The van der Waals surface area contributed by atoms with Crippen LogP contribution in [0.4, 0.5) is 0 Å². The Bertz CT molecular complexity index is 1170. The third kappa shape index (κ3) is 5.14. The number of phenols is 1. The fraction of sp³-hybridized carbons (Fsp3) is 0.125. The van der Waals surface area contributed by atoms with Gasteiger partial charge in [-0.3, -0.25) is 4.90 Å². The Labute approximate surface area is 190 Å². The molecule has 7 nitrogen and oxygen atoms in total. The van der Waals surface area contributed by atoms with E-state index in [-0.39, 0.29) is 16.3 Å². The second-order valence-corrected chi connectivity index (χ2v) is 7.83. The molecule has 0 atom stereocenters. The van der Waals surface area contributed by atoms with Gasteiger partial charge in [-0.05, 0) is 23.3 Å². The van der Waals surface area contributed by atoms with E-state index in [4.69, 9.17) is 11.6 Å². The number of aromatic carboxylic acids is 1. The highest BCUT2D eigenvalue weighted by Gasteiger charge is 2.18. The van der Waals surface area contributed by atoms with E-state index in [1.165, 1.54) is 27.9 Å². The number of aromatic hydroxyl groups is 1. The first kappa shape index (κ1) is 21.5. The number of halogens is 1. The molecule has 0 saturated carbocycles. The van der Waals surface area contributed by atoms with Gasteiger partial charge in [0.1, 0.15) is 11.3 Å². The van der Waals surface area contributed by atoms with Crippen LogP contribution in [0.3, 0.4) is 0 Å². The molecule has 0 fully saturated rings. The molecule has 4 aromatic rings. The largest absolute Gasteiger partial charge is 0.505 e. The fourth-order valence-corrected chi connectivity index (χ4v) is 3.70. The van der Waals surface area contributed by atoms with Gasteiger partial charge in [-0.1, -0.05) is 77.5 Å². The first-order chi connectivity index (χ1) is 15.5. The maximum absolute atomic E-state index is 11.4. The average molecular weight is 449 g/mol. The van der Waals surface area contributed by atoms with Crippen LogP contribution in [-0.4, -0.2) is 36.1 Å². The van der Waals surface area contributed by atoms with Crippen molar-refractivity contribution in [3.63, 3.8) is 0 Å². The zero-order chi connectivity index (χ0) is 22.5. The Morgan fingerprint density at radius 2 is 1.53 bits per heavy atom. The molecule has 0 radical (unpaired) electrons. The van der Waals surface area contributed by atoms with Gasteiger partial charge in [0.2, 0.25) is 0 Å². The fourth-order valence-electron chi connectivity index (χ4n) is 3.49. The predicted molar refractivity (Wildman–Crippen MR) is 121 cm³/mol. The number of carbonyl (C=O) groups is 1. The van der Waals surface area contributed by atoms with Gasteiger partial charge in [0.15, 0.2) is 5.75 Å². The number of benzene rings is 3. The van der Waals surface area contributed by atoms with Gasteiger partial charge in [0.05, 0.1) is 11.9 Å². The van der Waals surface area contributed by atoms with Crippen molar-refractivity contribution >= 4 is 17.6 Å². The lowest BCUT2D eigenvalue weighted by molar-refractivity contribution is 0.0693. The molecule has 0 aliphatic rings. The summed E-state index contributed by atoms with van der Waals surface area (Å²) < 4.78 is 1.34. The maximum atomic E-state index is 11.4. The van der Waals surface area contributed by atoms with E-state index < -0.39 is 11.7 Å². The van der Waals surface area contributed by atoms with Crippen LogP contribution >= 0.6 is 11.6 Å². The molecule has 0 amide bonds. The molecule has 4 rings (SSSR count). The highest BCUT2D eigenvalue weighted by molar-refractivity contribution is 6.31. The first-order valence-corrected chi connectivity index (χ1v) is 10.3. The van der Waals surface area contributed by atoms with Crippen LogP contribution in [0.15, 0.2) is 79.0 Å². The molecule has 162 valence electrons. The monoisotopic (exact) mass is 448 g/mol. The van der Waals surface area contributed by atoms with E-state index in [1.807, 2.05) is 36.4 Å². The van der Waals surface area contributed by atoms with Gasteiger partial charge < -0.3 is 10.2 Å². The molecular weight excluding hydrogens is 428 g/mol. The van der Waals surface area contributed by atoms with Crippen molar-refractivity contribution in [1.29, 1.82) is 0 Å². The summed E-state index contributed by atoms with van der Waals surface area (Å²) in [4.78, 5) is 13.6. The Hall–Kier alpha value is -3.68. The van der Waals surface area contributed by atoms with Gasteiger partial charge in [0, 0.05) is 24.7 Å². The van der Waals surface area contributed by atoms with E-state index in [0.29, 0.717) is 25.3 Å². The molecule has 0 saturated heterocycles. The summed E-state index contributed by atoms with van der Waals surface area (Å²) in [5.74, 6) is -1.69. The molecule has 0 unspecified atom stereocenters. The van der Waals surface area contributed by atoms with Crippen LogP contribution in [0, 0.1) is 0 Å². The van der Waals surface area contributed by atoms with Gasteiger partial charge in [-0.25, -0.2) is 9.48 Å². The zero-order valence-electron chi connectivity index (χ0n) is 17.1. The highest BCUT2D eigenvalue weighted by atomic mass is 35.5. The van der Waals surface area contributed by atoms with E-state index in [1.54, 1.807) is 6.20 Å². The number of carboxylic acids is 1. The lowest BCUT2D eigenvalue weighted by atomic mass is 10.1. The van der Waals surface area contributed by atoms with Crippen LogP contribution in [0.5, 0.6) is 5.75 Å². The molecule has 0 bridgehead atoms. The third-order valence-electron chi connectivity index (χ3n) is 4.96. The lowest BCUT2D eigenvalue weighted by Crippen LogP contribution is -2.22. The lowest BCUT2D eigenvalue weighted by Gasteiger charge is -2.21. The minimum Gasteiger partial charge on any atom is -0.505 e. The Balaban J connectivity index is 1.59. The maximum Gasteiger partial charge on any atom is 0.339 e. The zero-order valence-corrected chi connectivity index (χ0v) is 17.9. The van der Waals surface area contributed by atoms with Crippen LogP contribution in [0.1, 0.15) is 27.2 Å². The van der Waals surface area contributed by atoms with Crippen molar-refractivity contribution in [2.24, 2.45) is 0 Å². The summed E-state index contributed by atoms with van der Waals surface area (Å²) in [6, 6.07) is 23.0. The number of aromatic nitrogens is 3. The second kappa shape index (κ2) is 9.64. The van der Waals surface area contributed by atoms with Crippen molar-refractivity contribution in [1.82, 2.24) is 19.9 Å². The Morgan fingerprint density at radius 3 is 2.09 bits per heavy atom. The molecule has 0 aliphatic carbocycles. The minimum atomic E-state index is -1.27. The van der Waals surface area contributed by atoms with Crippen molar-refractivity contribution in [2.75, 3.05) is 0 Å². The number of hydrogen-bond donors (Lipinski definition) is 2. The summed E-state index contributed by atoms with van der Waals surface area (Å²) in [6.45, 7) is 1.94. The number of rotatable bonds is 8. The molecular formula is C24H21ClN4O3. The van der Waals surface area contributed by atoms with Crippen molar-refractivity contribution in [3.05, 3.63) is 106 Å². The molecule has 0 aliphatic heterocycles. The highest BCUT2D eigenvalue weighted by Crippen LogP contribution is 2.30. The summed E-state index contributed by atoms with van der Waals surface area (Å²) >= 11 is 6.04. The topological polar surface area (TPSA) is 91.5 Å². The summed E-state index contributed by atoms with van der Waals surface area (Å²) in [7, 11) is 0. The summed E-state index contributed by atoms with van der Waals surface area (Å²) in [5.41, 5.74) is 2.89. The Morgan fingerprint density at radius 1 is 0.938 bits per heavy atom. The first-order valence-electron chi connectivity index (χ1n) is 9.97. The standard InChI is InChI=1S/C24H21ClN4O3/c25-19-11-21(24(31)32)23(30)22(12-19)29-16-20(26-27-29)15-28(13-17-7-3-1-4-8-17)14-18-9-5-2-6-10-18/h1-12,16,30H,13-15H2,(H,31,32). The Kier molecular flexibility index (Phi) is 6.49. The molecule has 1 heterocycles. The number of hydrogen-bond acceptors (Lipinski definition) is 5. The van der Waals surface area contributed by atoms with Crippen molar-refractivity contribution in [2.45, 2.75) is 19.6 Å². The molecule has 3 aromatic carbocycles. The predicted octanol–water partition coefficient (Wildman–Crippen LogP) is 4.53. The van der Waals surface area contributed by atoms with E-state index in [9.17, 15) is 15.0 Å². The van der Waals surface area contributed by atoms with Gasteiger partial charge in [-0.2, -0.15) is 0 Å². The van der Waals surface area contributed by atoms with E-state index >= 15 is 0 Å². The molecule has 0 spiro atoms. The normalized spacial score (nSPS) is 11.1. The van der Waals surface area contributed by atoms with Gasteiger partial charge in [0.25, 0.3) is 0 Å². The van der Waals surface area contributed by atoms with Gasteiger partial charge >= 0.3 is 5.97 Å². The molecule has 8 heteroatoms. The van der Waals surface area contributed by atoms with E-state index in [2.05, 4.69) is 39.5 Å². The SMILES string of the molecule is O=C(O)c1cc(Cl)cc(-n2cc(CN(Cc3ccccc3)Cc3ccccc3)nn2)c1O. The van der Waals surface area contributed by atoms with Crippen LogP contribution in [0.25, 0.3) is 5.69 Å². The number of carboxylic acid groups (broad SMARTS) is 1. The van der Waals surface area contributed by atoms with E-state index in [0.717, 1.165) is 0 Å². The summed E-state index contributed by atoms with van der Waals surface area (Å²) in [6.07, 6.45) is 1.67. The quantitative estimate of drug-likeness (QED) is 0.411. The summed E-state index contributed by atoms with van der Waals surface area (Å²) in [5, 5.41) is 28.2. The molecule has 32 heavy (non-hydrogen) atoms. The van der Waals surface area contributed by atoms with Gasteiger partial charge in [-0.15, -0.1) is 5.10 Å². The van der Waals surface area contributed by atoms with Crippen LogP contribution < -0.4 is 0 Å².